The lowest BCUT2D eigenvalue weighted by Crippen LogP contribution is -2.46. The molecule has 2 aliphatic rings. The zero-order valence-electron chi connectivity index (χ0n) is 10.6. The molecule has 0 spiro atoms. The molecule has 0 radical (unpaired) electrons. The maximum atomic E-state index is 6.13. The number of fused-ring (bicyclic) bond motifs is 2. The highest BCUT2D eigenvalue weighted by Gasteiger charge is 2.50. The molecular formula is C13H23NOS. The SMILES string of the molecule is C=CC(NSC(C)(C)C)C12CCC(CC1)O2. The number of ether oxygens (including phenoxy) is 1. The van der Waals surface area contributed by atoms with Crippen LogP contribution in [0.5, 0.6) is 0 Å². The highest BCUT2D eigenvalue weighted by atomic mass is 32.2. The molecule has 2 saturated heterocycles. The lowest BCUT2D eigenvalue weighted by Gasteiger charge is -2.34. The molecule has 16 heavy (non-hydrogen) atoms. The topological polar surface area (TPSA) is 21.3 Å². The van der Waals surface area contributed by atoms with Gasteiger partial charge in [0.2, 0.25) is 0 Å². The summed E-state index contributed by atoms with van der Waals surface area (Å²) in [6, 6.07) is 0.282. The van der Waals surface area contributed by atoms with Crippen molar-refractivity contribution in [3.63, 3.8) is 0 Å². The number of rotatable bonds is 4. The molecule has 2 heterocycles. The second-order valence-electron chi connectivity index (χ2n) is 5.93. The Labute approximate surface area is 103 Å². The Balaban J connectivity index is 1.97. The lowest BCUT2D eigenvalue weighted by molar-refractivity contribution is 0.00143. The molecular weight excluding hydrogens is 218 g/mol. The van der Waals surface area contributed by atoms with Gasteiger partial charge in [0, 0.05) is 4.75 Å². The van der Waals surface area contributed by atoms with Gasteiger partial charge < -0.3 is 4.74 Å². The van der Waals surface area contributed by atoms with Gasteiger partial charge in [-0.2, -0.15) is 0 Å². The zero-order chi connectivity index (χ0) is 11.8. The highest BCUT2D eigenvalue weighted by molar-refractivity contribution is 7.98. The summed E-state index contributed by atoms with van der Waals surface area (Å²) in [6.45, 7) is 10.6. The van der Waals surface area contributed by atoms with E-state index in [-0.39, 0.29) is 16.4 Å². The Bertz CT molecular complexity index is 264. The molecule has 0 aromatic heterocycles. The molecule has 0 amide bonds. The summed E-state index contributed by atoms with van der Waals surface area (Å²) in [4.78, 5) is 0. The maximum Gasteiger partial charge on any atom is 0.0884 e. The Morgan fingerprint density at radius 2 is 2.06 bits per heavy atom. The molecule has 0 saturated carbocycles. The van der Waals surface area contributed by atoms with Gasteiger partial charge in [0.05, 0.1) is 17.7 Å². The van der Waals surface area contributed by atoms with Gasteiger partial charge in [-0.3, -0.25) is 4.72 Å². The average Bonchev–Trinajstić information content (AvgIpc) is 2.77. The quantitative estimate of drug-likeness (QED) is 0.603. The molecule has 2 fully saturated rings. The minimum absolute atomic E-state index is 0.0463. The van der Waals surface area contributed by atoms with Crippen molar-refractivity contribution in [3.8, 4) is 0 Å². The highest BCUT2D eigenvalue weighted by Crippen LogP contribution is 2.46. The van der Waals surface area contributed by atoms with Crippen molar-refractivity contribution in [2.24, 2.45) is 0 Å². The maximum absolute atomic E-state index is 6.13. The van der Waals surface area contributed by atoms with E-state index in [4.69, 9.17) is 4.74 Å². The molecule has 0 aliphatic carbocycles. The Morgan fingerprint density at radius 1 is 1.44 bits per heavy atom. The first kappa shape index (κ1) is 12.5. The van der Waals surface area contributed by atoms with Crippen LogP contribution in [-0.2, 0) is 4.74 Å². The minimum atomic E-state index is 0.0463. The normalized spacial score (nSPS) is 35.3. The standard InChI is InChI=1S/C13H23NOS/c1-5-11(14-16-12(2,3)4)13-8-6-10(15-13)7-9-13/h5,10-11,14H,1,6-9H2,2-4H3. The van der Waals surface area contributed by atoms with Gasteiger partial charge in [0.15, 0.2) is 0 Å². The van der Waals surface area contributed by atoms with Crippen molar-refractivity contribution in [3.05, 3.63) is 12.7 Å². The molecule has 1 N–H and O–H groups in total. The summed E-state index contributed by atoms with van der Waals surface area (Å²) in [5.74, 6) is 0. The fraction of sp³-hybridized carbons (Fsp3) is 0.846. The van der Waals surface area contributed by atoms with E-state index < -0.39 is 0 Å². The van der Waals surface area contributed by atoms with E-state index in [9.17, 15) is 0 Å². The largest absolute Gasteiger partial charge is 0.370 e. The summed E-state index contributed by atoms with van der Waals surface area (Å²) >= 11 is 1.78. The molecule has 1 unspecified atom stereocenters. The number of hydrogen-bond donors (Lipinski definition) is 1. The van der Waals surface area contributed by atoms with E-state index in [2.05, 4.69) is 32.1 Å². The third-order valence-electron chi connectivity index (χ3n) is 3.47. The van der Waals surface area contributed by atoms with Crippen LogP contribution in [0.4, 0.5) is 0 Å². The van der Waals surface area contributed by atoms with E-state index in [1.54, 1.807) is 11.9 Å². The van der Waals surface area contributed by atoms with Gasteiger partial charge in [0.1, 0.15) is 0 Å². The van der Waals surface area contributed by atoms with Crippen LogP contribution in [0.15, 0.2) is 12.7 Å². The summed E-state index contributed by atoms with van der Waals surface area (Å²) in [5.41, 5.74) is 0.0463. The molecule has 2 nitrogen and oxygen atoms in total. The third-order valence-corrected chi connectivity index (χ3v) is 4.46. The number of nitrogens with one attached hydrogen (secondary N) is 1. The van der Waals surface area contributed by atoms with Gasteiger partial charge in [-0.15, -0.1) is 6.58 Å². The second-order valence-corrected chi connectivity index (χ2v) is 7.59. The predicted octanol–water partition coefficient (Wildman–Crippen LogP) is 3.29. The number of hydrogen-bond acceptors (Lipinski definition) is 3. The van der Waals surface area contributed by atoms with Crippen molar-refractivity contribution in [1.29, 1.82) is 0 Å². The van der Waals surface area contributed by atoms with Gasteiger partial charge in [-0.05, 0) is 46.5 Å². The van der Waals surface area contributed by atoms with Crippen molar-refractivity contribution in [1.82, 2.24) is 4.72 Å². The van der Waals surface area contributed by atoms with Crippen LogP contribution in [-0.4, -0.2) is 22.5 Å². The molecule has 2 bridgehead atoms. The first-order chi connectivity index (χ1) is 7.45. The summed E-state index contributed by atoms with van der Waals surface area (Å²) < 4.78 is 9.91. The molecule has 3 heteroatoms. The van der Waals surface area contributed by atoms with Crippen LogP contribution in [0.1, 0.15) is 46.5 Å². The monoisotopic (exact) mass is 241 g/mol. The Kier molecular flexibility index (Phi) is 3.39. The first-order valence-corrected chi connectivity index (χ1v) is 7.01. The molecule has 92 valence electrons. The summed E-state index contributed by atoms with van der Waals surface area (Å²) in [5, 5.41) is 0. The van der Waals surface area contributed by atoms with Gasteiger partial charge in [-0.25, -0.2) is 0 Å². The van der Waals surface area contributed by atoms with Crippen molar-refractivity contribution < 1.29 is 4.74 Å². The molecule has 0 aromatic rings. The van der Waals surface area contributed by atoms with Crippen LogP contribution < -0.4 is 4.72 Å². The van der Waals surface area contributed by atoms with E-state index >= 15 is 0 Å². The zero-order valence-corrected chi connectivity index (χ0v) is 11.4. The fourth-order valence-corrected chi connectivity index (χ4v) is 3.43. The van der Waals surface area contributed by atoms with Crippen LogP contribution >= 0.6 is 11.9 Å². The van der Waals surface area contributed by atoms with Crippen molar-refractivity contribution in [2.75, 3.05) is 0 Å². The van der Waals surface area contributed by atoms with Crippen LogP contribution in [0.25, 0.3) is 0 Å². The predicted molar refractivity (Wildman–Crippen MR) is 70.5 cm³/mol. The van der Waals surface area contributed by atoms with Crippen molar-refractivity contribution >= 4 is 11.9 Å². The van der Waals surface area contributed by atoms with Crippen molar-refractivity contribution in [2.45, 2.75) is 68.9 Å². The van der Waals surface area contributed by atoms with Crippen LogP contribution in [0.3, 0.4) is 0 Å². The van der Waals surface area contributed by atoms with E-state index in [0.29, 0.717) is 6.10 Å². The summed E-state index contributed by atoms with van der Waals surface area (Å²) in [6.07, 6.45) is 7.37. The Morgan fingerprint density at radius 3 is 2.44 bits per heavy atom. The van der Waals surface area contributed by atoms with Crippen LogP contribution in [0.2, 0.25) is 0 Å². The van der Waals surface area contributed by atoms with Crippen LogP contribution in [0, 0.1) is 0 Å². The average molecular weight is 241 g/mol. The van der Waals surface area contributed by atoms with E-state index in [0.717, 1.165) is 0 Å². The van der Waals surface area contributed by atoms with Gasteiger partial charge in [0.25, 0.3) is 0 Å². The van der Waals surface area contributed by atoms with Gasteiger partial charge in [-0.1, -0.05) is 18.0 Å². The van der Waals surface area contributed by atoms with E-state index in [1.165, 1.54) is 25.7 Å². The second kappa shape index (κ2) is 4.35. The van der Waals surface area contributed by atoms with E-state index in [1.807, 2.05) is 6.08 Å². The fourth-order valence-electron chi connectivity index (χ4n) is 2.64. The Hall–Kier alpha value is 0.01000. The smallest absolute Gasteiger partial charge is 0.0884 e. The lowest BCUT2D eigenvalue weighted by atomic mass is 9.83. The molecule has 2 aliphatic heterocycles. The van der Waals surface area contributed by atoms with Gasteiger partial charge >= 0.3 is 0 Å². The molecule has 0 aromatic carbocycles. The summed E-state index contributed by atoms with van der Waals surface area (Å²) in [7, 11) is 0. The minimum Gasteiger partial charge on any atom is -0.370 e. The third kappa shape index (κ3) is 2.47. The first-order valence-electron chi connectivity index (χ1n) is 6.19. The molecule has 1 atom stereocenters. The molecule has 2 rings (SSSR count).